The standard InChI is InChI=1S/C17H22N2S/c1-2-3-4-14-5-6-15(20-14)13-18-11-12-19-10-9-17(19)8-7-16(17)18/h2-6,16H,1,7-13H2/b4-3+. The third-order valence-corrected chi connectivity index (χ3v) is 6.49. The molecular weight excluding hydrogens is 264 g/mol. The molecule has 2 saturated heterocycles. The minimum Gasteiger partial charge on any atom is -0.295 e. The first-order chi connectivity index (χ1) is 9.82. The Hall–Kier alpha value is -0.900. The molecular formula is C17H22N2S. The fourth-order valence-corrected chi connectivity index (χ4v) is 5.16. The van der Waals surface area contributed by atoms with E-state index in [0.29, 0.717) is 5.54 Å². The average molecular weight is 286 g/mol. The Morgan fingerprint density at radius 3 is 2.95 bits per heavy atom. The molecule has 0 radical (unpaired) electrons. The number of piperazine rings is 1. The van der Waals surface area contributed by atoms with Crippen molar-refractivity contribution in [3.63, 3.8) is 0 Å². The van der Waals surface area contributed by atoms with Crippen LogP contribution in [0.5, 0.6) is 0 Å². The molecule has 0 aromatic carbocycles. The molecule has 3 heterocycles. The van der Waals surface area contributed by atoms with Crippen LogP contribution in [0.2, 0.25) is 0 Å². The number of hydrogen-bond donors (Lipinski definition) is 0. The summed E-state index contributed by atoms with van der Waals surface area (Å²) < 4.78 is 0. The van der Waals surface area contributed by atoms with E-state index in [4.69, 9.17) is 0 Å². The molecule has 2 nitrogen and oxygen atoms in total. The lowest BCUT2D eigenvalue weighted by atomic mass is 9.61. The number of rotatable bonds is 4. The van der Waals surface area contributed by atoms with Crippen LogP contribution in [0.25, 0.3) is 6.08 Å². The summed E-state index contributed by atoms with van der Waals surface area (Å²) in [6.45, 7) is 8.76. The molecule has 0 amide bonds. The van der Waals surface area contributed by atoms with Crippen molar-refractivity contribution in [2.45, 2.75) is 37.4 Å². The van der Waals surface area contributed by atoms with Gasteiger partial charge in [0.2, 0.25) is 0 Å². The second-order valence-electron chi connectivity index (χ2n) is 6.26. The lowest BCUT2D eigenvalue weighted by molar-refractivity contribution is -0.176. The molecule has 1 aromatic rings. The molecule has 0 bridgehead atoms. The molecule has 20 heavy (non-hydrogen) atoms. The maximum absolute atomic E-state index is 3.73. The molecule has 1 aliphatic carbocycles. The molecule has 2 aliphatic heterocycles. The minimum absolute atomic E-state index is 0.598. The van der Waals surface area contributed by atoms with Crippen molar-refractivity contribution >= 4 is 17.4 Å². The molecule has 1 saturated carbocycles. The van der Waals surface area contributed by atoms with E-state index in [1.165, 1.54) is 48.7 Å². The summed E-state index contributed by atoms with van der Waals surface area (Å²) in [5.74, 6) is 0. The van der Waals surface area contributed by atoms with Gasteiger partial charge in [-0.25, -0.2) is 0 Å². The lowest BCUT2D eigenvalue weighted by Gasteiger charge is -2.69. The van der Waals surface area contributed by atoms with E-state index in [-0.39, 0.29) is 0 Å². The second-order valence-corrected chi connectivity index (χ2v) is 7.46. The molecule has 2 unspecified atom stereocenters. The van der Waals surface area contributed by atoms with Gasteiger partial charge in [0.05, 0.1) is 0 Å². The highest BCUT2D eigenvalue weighted by Gasteiger charge is 2.59. The number of thiophene rings is 1. The van der Waals surface area contributed by atoms with E-state index >= 15 is 0 Å². The van der Waals surface area contributed by atoms with Crippen LogP contribution in [0.4, 0.5) is 0 Å². The molecule has 4 rings (SSSR count). The fourth-order valence-electron chi connectivity index (χ4n) is 4.21. The Morgan fingerprint density at radius 1 is 1.30 bits per heavy atom. The van der Waals surface area contributed by atoms with Crippen LogP contribution < -0.4 is 0 Å². The van der Waals surface area contributed by atoms with E-state index in [9.17, 15) is 0 Å². The summed E-state index contributed by atoms with van der Waals surface area (Å²) in [7, 11) is 0. The van der Waals surface area contributed by atoms with Gasteiger partial charge in [0, 0.05) is 47.5 Å². The maximum atomic E-state index is 3.73. The van der Waals surface area contributed by atoms with Crippen molar-refractivity contribution in [2.75, 3.05) is 19.6 Å². The van der Waals surface area contributed by atoms with Crippen LogP contribution >= 0.6 is 11.3 Å². The highest BCUT2D eigenvalue weighted by Crippen LogP contribution is 2.51. The Bertz CT molecular complexity index is 543. The zero-order chi connectivity index (χ0) is 13.6. The normalized spacial score (nSPS) is 33.3. The van der Waals surface area contributed by atoms with Crippen LogP contribution in [0.15, 0.2) is 30.9 Å². The molecule has 2 atom stereocenters. The van der Waals surface area contributed by atoms with Crippen LogP contribution in [-0.4, -0.2) is 41.0 Å². The van der Waals surface area contributed by atoms with Crippen molar-refractivity contribution in [1.82, 2.24) is 9.80 Å². The summed E-state index contributed by atoms with van der Waals surface area (Å²) in [6, 6.07) is 5.36. The van der Waals surface area contributed by atoms with Crippen molar-refractivity contribution in [3.05, 3.63) is 40.6 Å². The van der Waals surface area contributed by atoms with Gasteiger partial charge in [0.15, 0.2) is 0 Å². The molecule has 3 fully saturated rings. The van der Waals surface area contributed by atoms with Crippen LogP contribution in [-0.2, 0) is 6.54 Å². The second kappa shape index (κ2) is 4.83. The largest absolute Gasteiger partial charge is 0.295 e. The van der Waals surface area contributed by atoms with Gasteiger partial charge in [-0.15, -0.1) is 11.3 Å². The summed E-state index contributed by atoms with van der Waals surface area (Å²) in [6.07, 6.45) is 10.3. The first kappa shape index (κ1) is 12.8. The third kappa shape index (κ3) is 1.84. The first-order valence-corrected chi connectivity index (χ1v) is 8.50. The summed E-state index contributed by atoms with van der Waals surface area (Å²) in [5.41, 5.74) is 0.598. The van der Waals surface area contributed by atoms with E-state index in [1.807, 2.05) is 23.5 Å². The van der Waals surface area contributed by atoms with E-state index in [1.54, 1.807) is 0 Å². The third-order valence-electron chi connectivity index (χ3n) is 5.45. The summed E-state index contributed by atoms with van der Waals surface area (Å²) in [4.78, 5) is 8.32. The highest BCUT2D eigenvalue weighted by molar-refractivity contribution is 7.12. The van der Waals surface area contributed by atoms with Crippen molar-refractivity contribution in [1.29, 1.82) is 0 Å². The Labute approximate surface area is 125 Å². The van der Waals surface area contributed by atoms with Crippen molar-refractivity contribution < 1.29 is 0 Å². The molecule has 106 valence electrons. The minimum atomic E-state index is 0.598. The number of hydrogen-bond acceptors (Lipinski definition) is 3. The van der Waals surface area contributed by atoms with Crippen molar-refractivity contribution in [3.8, 4) is 0 Å². The summed E-state index contributed by atoms with van der Waals surface area (Å²) >= 11 is 1.92. The Balaban J connectivity index is 1.45. The van der Waals surface area contributed by atoms with Crippen LogP contribution in [0, 0.1) is 0 Å². The number of nitrogens with zero attached hydrogens (tertiary/aromatic N) is 2. The smallest absolute Gasteiger partial charge is 0.0378 e. The van der Waals surface area contributed by atoms with Gasteiger partial charge < -0.3 is 0 Å². The maximum Gasteiger partial charge on any atom is 0.0378 e. The van der Waals surface area contributed by atoms with E-state index < -0.39 is 0 Å². The van der Waals surface area contributed by atoms with Crippen LogP contribution in [0.1, 0.15) is 29.0 Å². The van der Waals surface area contributed by atoms with Gasteiger partial charge in [0.1, 0.15) is 0 Å². The Morgan fingerprint density at radius 2 is 2.25 bits per heavy atom. The van der Waals surface area contributed by atoms with Crippen LogP contribution in [0.3, 0.4) is 0 Å². The van der Waals surface area contributed by atoms with Crippen molar-refractivity contribution in [2.24, 2.45) is 0 Å². The zero-order valence-corrected chi connectivity index (χ0v) is 12.7. The molecule has 1 aromatic heterocycles. The fraction of sp³-hybridized carbons (Fsp3) is 0.529. The topological polar surface area (TPSA) is 6.48 Å². The van der Waals surface area contributed by atoms with E-state index in [2.05, 4.69) is 34.6 Å². The zero-order valence-electron chi connectivity index (χ0n) is 11.9. The highest BCUT2D eigenvalue weighted by atomic mass is 32.1. The molecule has 3 aliphatic rings. The molecule has 1 spiro atoms. The van der Waals surface area contributed by atoms with Gasteiger partial charge in [-0.05, 0) is 37.5 Å². The van der Waals surface area contributed by atoms with E-state index in [0.717, 1.165) is 12.6 Å². The summed E-state index contributed by atoms with van der Waals surface area (Å²) in [5, 5.41) is 0. The van der Waals surface area contributed by atoms with Gasteiger partial charge in [-0.3, -0.25) is 9.80 Å². The molecule has 0 N–H and O–H groups in total. The molecule has 3 heteroatoms. The van der Waals surface area contributed by atoms with Gasteiger partial charge in [-0.1, -0.05) is 18.7 Å². The lowest BCUT2D eigenvalue weighted by Crippen LogP contribution is -2.79. The predicted molar refractivity (Wildman–Crippen MR) is 85.9 cm³/mol. The Kier molecular flexibility index (Phi) is 3.09. The predicted octanol–water partition coefficient (Wildman–Crippen LogP) is 3.37. The van der Waals surface area contributed by atoms with Gasteiger partial charge in [-0.2, -0.15) is 0 Å². The van der Waals surface area contributed by atoms with Gasteiger partial charge in [0.25, 0.3) is 0 Å². The average Bonchev–Trinajstić information content (AvgIpc) is 2.80. The SMILES string of the molecule is C=C/C=C/c1ccc(CN2CCN3CCC34CCC24)s1. The quantitative estimate of drug-likeness (QED) is 0.783. The monoisotopic (exact) mass is 286 g/mol. The first-order valence-electron chi connectivity index (χ1n) is 7.69. The number of allylic oxidation sites excluding steroid dienone is 2. The van der Waals surface area contributed by atoms with Gasteiger partial charge >= 0.3 is 0 Å².